The number of hydrogen-bond donors (Lipinski definition) is 1. The molecule has 0 aliphatic heterocycles. The van der Waals surface area contributed by atoms with E-state index in [4.69, 9.17) is 0 Å². The molecule has 2 aromatic carbocycles. The van der Waals surface area contributed by atoms with Crippen LogP contribution in [0.25, 0.3) is 0 Å². The van der Waals surface area contributed by atoms with Crippen molar-refractivity contribution in [1.82, 2.24) is 4.90 Å². The van der Waals surface area contributed by atoms with Crippen molar-refractivity contribution in [3.63, 3.8) is 0 Å². The van der Waals surface area contributed by atoms with Crippen molar-refractivity contribution in [3.05, 3.63) is 60.2 Å². The molecule has 0 fully saturated rings. The average Bonchev–Trinajstić information content (AvgIpc) is 2.59. The third-order valence-electron chi connectivity index (χ3n) is 3.55. The summed E-state index contributed by atoms with van der Waals surface area (Å²) >= 11 is 0. The molecule has 0 aliphatic carbocycles. The van der Waals surface area contributed by atoms with E-state index in [1.54, 1.807) is 38.4 Å². The van der Waals surface area contributed by atoms with Crippen molar-refractivity contribution >= 4 is 33.2 Å². The van der Waals surface area contributed by atoms with Gasteiger partial charge in [-0.25, -0.2) is 8.42 Å². The molecule has 0 saturated carbocycles. The number of carbonyl (C=O) groups excluding carboxylic acids is 2. The SMILES string of the molecule is CN(C)C(=O)c1ccc(N(CC(=O)Nc2ccccc2)S(C)(=O)=O)cc1. The molecule has 26 heavy (non-hydrogen) atoms. The fourth-order valence-electron chi connectivity index (χ4n) is 2.28. The first kappa shape index (κ1) is 19.5. The first-order valence-corrected chi connectivity index (χ1v) is 9.67. The Morgan fingerprint density at radius 2 is 1.54 bits per heavy atom. The second-order valence-electron chi connectivity index (χ2n) is 5.93. The lowest BCUT2D eigenvalue weighted by Gasteiger charge is -2.22. The van der Waals surface area contributed by atoms with E-state index in [2.05, 4.69) is 5.32 Å². The van der Waals surface area contributed by atoms with E-state index in [1.807, 2.05) is 6.07 Å². The van der Waals surface area contributed by atoms with Gasteiger partial charge in [-0.05, 0) is 36.4 Å². The average molecular weight is 375 g/mol. The Hall–Kier alpha value is -2.87. The summed E-state index contributed by atoms with van der Waals surface area (Å²) in [5.74, 6) is -0.653. The van der Waals surface area contributed by atoms with Gasteiger partial charge < -0.3 is 10.2 Å². The number of sulfonamides is 1. The molecule has 0 heterocycles. The van der Waals surface area contributed by atoms with Gasteiger partial charge in [0.15, 0.2) is 0 Å². The molecule has 8 heteroatoms. The van der Waals surface area contributed by atoms with Crippen LogP contribution in [0.5, 0.6) is 0 Å². The van der Waals surface area contributed by atoms with E-state index >= 15 is 0 Å². The van der Waals surface area contributed by atoms with Crippen molar-refractivity contribution < 1.29 is 18.0 Å². The Morgan fingerprint density at radius 3 is 2.04 bits per heavy atom. The van der Waals surface area contributed by atoms with E-state index in [0.29, 0.717) is 16.9 Å². The Bertz CT molecular complexity index is 878. The Labute approximate surface area is 153 Å². The summed E-state index contributed by atoms with van der Waals surface area (Å²) < 4.78 is 25.2. The van der Waals surface area contributed by atoms with E-state index in [-0.39, 0.29) is 12.5 Å². The van der Waals surface area contributed by atoms with Crippen LogP contribution in [0.2, 0.25) is 0 Å². The predicted octanol–water partition coefficient (Wildman–Crippen LogP) is 1.79. The zero-order valence-electron chi connectivity index (χ0n) is 14.8. The van der Waals surface area contributed by atoms with Crippen LogP contribution in [-0.4, -0.2) is 52.0 Å². The van der Waals surface area contributed by atoms with Crippen LogP contribution < -0.4 is 9.62 Å². The first-order chi connectivity index (χ1) is 12.2. The van der Waals surface area contributed by atoms with Gasteiger partial charge in [0.05, 0.1) is 11.9 Å². The van der Waals surface area contributed by atoms with Gasteiger partial charge in [0.2, 0.25) is 15.9 Å². The fourth-order valence-corrected chi connectivity index (χ4v) is 3.14. The summed E-state index contributed by atoms with van der Waals surface area (Å²) in [4.78, 5) is 25.6. The van der Waals surface area contributed by atoms with Crippen molar-refractivity contribution in [2.24, 2.45) is 0 Å². The minimum absolute atomic E-state index is 0.190. The molecule has 1 N–H and O–H groups in total. The van der Waals surface area contributed by atoms with E-state index in [9.17, 15) is 18.0 Å². The third kappa shape index (κ3) is 5.06. The topological polar surface area (TPSA) is 86.8 Å². The van der Waals surface area contributed by atoms with Crippen LogP contribution >= 0.6 is 0 Å². The van der Waals surface area contributed by atoms with Gasteiger partial charge in [0.25, 0.3) is 5.91 Å². The maximum absolute atomic E-state index is 12.2. The monoisotopic (exact) mass is 375 g/mol. The molecular formula is C18H21N3O4S. The Balaban J connectivity index is 2.20. The number of hydrogen-bond acceptors (Lipinski definition) is 4. The van der Waals surface area contributed by atoms with Gasteiger partial charge in [0.1, 0.15) is 6.54 Å². The van der Waals surface area contributed by atoms with Crippen molar-refractivity contribution in [3.8, 4) is 0 Å². The normalized spacial score (nSPS) is 10.9. The second kappa shape index (κ2) is 8.01. The van der Waals surface area contributed by atoms with Gasteiger partial charge in [-0.1, -0.05) is 18.2 Å². The van der Waals surface area contributed by atoms with Crippen LogP contribution in [0, 0.1) is 0 Å². The predicted molar refractivity (Wildman–Crippen MR) is 102 cm³/mol. The van der Waals surface area contributed by atoms with E-state index in [1.165, 1.54) is 29.2 Å². The van der Waals surface area contributed by atoms with Crippen molar-refractivity contribution in [2.45, 2.75) is 0 Å². The van der Waals surface area contributed by atoms with E-state index in [0.717, 1.165) is 10.6 Å². The lowest BCUT2D eigenvalue weighted by molar-refractivity contribution is -0.114. The molecule has 0 aliphatic rings. The van der Waals surface area contributed by atoms with Crippen molar-refractivity contribution in [2.75, 3.05) is 36.5 Å². The molecule has 0 atom stereocenters. The second-order valence-corrected chi connectivity index (χ2v) is 7.84. The maximum atomic E-state index is 12.2. The molecule has 0 radical (unpaired) electrons. The maximum Gasteiger partial charge on any atom is 0.253 e. The molecule has 0 spiro atoms. The number of nitrogens with one attached hydrogen (secondary N) is 1. The Kier molecular flexibility index (Phi) is 5.99. The van der Waals surface area contributed by atoms with Gasteiger partial charge in [-0.3, -0.25) is 13.9 Å². The van der Waals surface area contributed by atoms with E-state index < -0.39 is 15.9 Å². The molecule has 7 nitrogen and oxygen atoms in total. The highest BCUT2D eigenvalue weighted by molar-refractivity contribution is 7.92. The molecule has 138 valence electrons. The molecule has 2 amide bonds. The smallest absolute Gasteiger partial charge is 0.253 e. The van der Waals surface area contributed by atoms with Gasteiger partial charge in [0, 0.05) is 25.3 Å². The van der Waals surface area contributed by atoms with Crippen LogP contribution in [0.3, 0.4) is 0 Å². The number of anilines is 2. The number of para-hydroxylation sites is 1. The number of rotatable bonds is 6. The number of amides is 2. The van der Waals surface area contributed by atoms with Crippen molar-refractivity contribution in [1.29, 1.82) is 0 Å². The van der Waals surface area contributed by atoms with Crippen LogP contribution in [0.1, 0.15) is 10.4 Å². The largest absolute Gasteiger partial charge is 0.345 e. The summed E-state index contributed by atoms with van der Waals surface area (Å²) in [5, 5.41) is 2.65. The number of nitrogens with zero attached hydrogens (tertiary/aromatic N) is 2. The molecular weight excluding hydrogens is 354 g/mol. The molecule has 0 bridgehead atoms. The summed E-state index contributed by atoms with van der Waals surface area (Å²) in [6.45, 7) is -0.366. The summed E-state index contributed by atoms with van der Waals surface area (Å²) in [7, 11) is -0.414. The Morgan fingerprint density at radius 1 is 0.962 bits per heavy atom. The van der Waals surface area contributed by atoms with Gasteiger partial charge in [-0.2, -0.15) is 0 Å². The highest BCUT2D eigenvalue weighted by atomic mass is 32.2. The standard InChI is InChI=1S/C18H21N3O4S/c1-20(2)18(23)14-9-11-16(12-10-14)21(26(3,24)25)13-17(22)19-15-7-5-4-6-8-15/h4-12H,13H2,1-3H3,(H,19,22). The van der Waals surface area contributed by atoms with Gasteiger partial charge >= 0.3 is 0 Å². The quantitative estimate of drug-likeness (QED) is 0.834. The van der Waals surface area contributed by atoms with Gasteiger partial charge in [-0.15, -0.1) is 0 Å². The summed E-state index contributed by atoms with van der Waals surface area (Å²) in [6, 6.07) is 14.9. The molecule has 0 unspecified atom stereocenters. The minimum atomic E-state index is -3.68. The molecule has 2 aromatic rings. The highest BCUT2D eigenvalue weighted by Gasteiger charge is 2.21. The van der Waals surface area contributed by atoms with Crippen LogP contribution in [-0.2, 0) is 14.8 Å². The molecule has 0 saturated heterocycles. The summed E-state index contributed by atoms with van der Waals surface area (Å²) in [6.07, 6.45) is 1.03. The first-order valence-electron chi connectivity index (χ1n) is 7.83. The third-order valence-corrected chi connectivity index (χ3v) is 4.69. The zero-order valence-corrected chi connectivity index (χ0v) is 15.7. The fraction of sp³-hybridized carbons (Fsp3) is 0.222. The minimum Gasteiger partial charge on any atom is -0.345 e. The molecule has 0 aromatic heterocycles. The lowest BCUT2D eigenvalue weighted by Crippen LogP contribution is -2.37. The summed E-state index contributed by atoms with van der Waals surface area (Å²) in [5.41, 5.74) is 1.32. The zero-order chi connectivity index (χ0) is 19.3. The number of benzene rings is 2. The lowest BCUT2D eigenvalue weighted by atomic mass is 10.2. The molecule has 2 rings (SSSR count). The van der Waals surface area contributed by atoms with Crippen LogP contribution in [0.4, 0.5) is 11.4 Å². The van der Waals surface area contributed by atoms with Crippen LogP contribution in [0.15, 0.2) is 54.6 Å². The highest BCUT2D eigenvalue weighted by Crippen LogP contribution is 2.19. The number of carbonyl (C=O) groups is 2.